The van der Waals surface area contributed by atoms with Crippen molar-refractivity contribution in [1.82, 2.24) is 10.2 Å². The molecule has 1 spiro atoms. The predicted octanol–water partition coefficient (Wildman–Crippen LogP) is 6.46. The molecule has 5 rings (SSSR count). The van der Waals surface area contributed by atoms with Crippen LogP contribution in [-0.2, 0) is 6.54 Å². The normalized spacial score (nSPS) is 25.1. The van der Waals surface area contributed by atoms with Gasteiger partial charge >= 0.3 is 0 Å². The molecule has 0 bridgehead atoms. The molecule has 1 unspecified atom stereocenters. The highest BCUT2D eigenvalue weighted by Crippen LogP contribution is 2.41. The van der Waals surface area contributed by atoms with Gasteiger partial charge in [-0.3, -0.25) is 4.90 Å². The minimum Gasteiger partial charge on any atom is -0.491 e. The number of rotatable bonds is 6. The Kier molecular flexibility index (Phi) is 7.82. The number of amidine groups is 1. The van der Waals surface area contributed by atoms with Crippen LogP contribution < -0.4 is 15.0 Å². The van der Waals surface area contributed by atoms with E-state index in [1.807, 2.05) is 12.1 Å². The molecule has 37 heavy (non-hydrogen) atoms. The number of anilines is 1. The number of aliphatic imine (C=N–C) groups is 1. The fraction of sp³-hybridized carbons (Fsp3) is 0.533. The maximum Gasteiger partial charge on any atom is 0.202 e. The van der Waals surface area contributed by atoms with Crippen molar-refractivity contribution in [2.75, 3.05) is 11.4 Å². The molecule has 1 saturated carbocycles. The monoisotopic (exact) mass is 522 g/mol. The molecule has 0 aromatic heterocycles. The molecule has 2 heterocycles. The zero-order valence-electron chi connectivity index (χ0n) is 22.3. The van der Waals surface area contributed by atoms with Crippen molar-refractivity contribution in [3.8, 4) is 5.75 Å². The van der Waals surface area contributed by atoms with E-state index in [2.05, 4.69) is 54.1 Å². The second-order valence-corrected chi connectivity index (χ2v) is 11.5. The topological polar surface area (TPSA) is 40.1 Å². The Morgan fingerprint density at radius 1 is 1.14 bits per heavy atom. The first-order valence-corrected chi connectivity index (χ1v) is 14.2. The van der Waals surface area contributed by atoms with E-state index in [0.717, 1.165) is 56.0 Å². The van der Waals surface area contributed by atoms with E-state index in [-0.39, 0.29) is 17.5 Å². The van der Waals surface area contributed by atoms with Crippen molar-refractivity contribution in [2.24, 2.45) is 4.99 Å². The van der Waals surface area contributed by atoms with Crippen molar-refractivity contribution in [3.63, 3.8) is 0 Å². The molecule has 2 fully saturated rings. The lowest BCUT2D eigenvalue weighted by molar-refractivity contribution is 0.123. The fourth-order valence-electron chi connectivity index (χ4n) is 6.26. The Bertz CT molecular complexity index is 1150. The third-order valence-corrected chi connectivity index (χ3v) is 8.28. The Morgan fingerprint density at radius 2 is 1.92 bits per heavy atom. The van der Waals surface area contributed by atoms with Gasteiger partial charge in [0.2, 0.25) is 5.11 Å². The summed E-state index contributed by atoms with van der Waals surface area (Å²) in [5.74, 6) is 1.64. The smallest absolute Gasteiger partial charge is 0.202 e. The third-order valence-electron chi connectivity index (χ3n) is 8.00. The molecule has 0 amide bonds. The summed E-state index contributed by atoms with van der Waals surface area (Å²) >= 11 is 5.83. The maximum atomic E-state index is 14.3. The Hall–Kier alpha value is -2.51. The summed E-state index contributed by atoms with van der Waals surface area (Å²) in [6.07, 6.45) is 8.02. The maximum absolute atomic E-state index is 14.3. The summed E-state index contributed by atoms with van der Waals surface area (Å²) in [5, 5.41) is 4.36. The number of thiocarbonyl (C=S) groups is 1. The first-order chi connectivity index (χ1) is 17.8. The molecule has 2 aliphatic heterocycles. The van der Waals surface area contributed by atoms with Gasteiger partial charge < -0.3 is 15.0 Å². The van der Waals surface area contributed by atoms with Gasteiger partial charge in [0.25, 0.3) is 0 Å². The average Bonchev–Trinajstić information content (AvgIpc) is 3.11. The lowest BCUT2D eigenvalue weighted by Gasteiger charge is -2.49. The van der Waals surface area contributed by atoms with E-state index in [1.54, 1.807) is 12.1 Å². The number of piperidine rings is 1. The predicted molar refractivity (Wildman–Crippen MR) is 153 cm³/mol. The zero-order valence-corrected chi connectivity index (χ0v) is 23.1. The molecular weight excluding hydrogens is 483 g/mol. The van der Waals surface area contributed by atoms with Crippen LogP contribution in [0.4, 0.5) is 10.1 Å². The van der Waals surface area contributed by atoms with Crippen LogP contribution in [0.2, 0.25) is 0 Å². The first kappa shape index (κ1) is 26.1. The largest absolute Gasteiger partial charge is 0.491 e. The van der Waals surface area contributed by atoms with Crippen LogP contribution in [0.5, 0.6) is 5.75 Å². The fourth-order valence-corrected chi connectivity index (χ4v) is 6.64. The van der Waals surface area contributed by atoms with E-state index in [1.165, 1.54) is 30.9 Å². The van der Waals surface area contributed by atoms with Gasteiger partial charge in [0.1, 0.15) is 22.9 Å². The number of nitrogens with zero attached hydrogens (tertiary/aromatic N) is 3. The minimum absolute atomic E-state index is 0.151. The lowest BCUT2D eigenvalue weighted by Crippen LogP contribution is -2.63. The quantitative estimate of drug-likeness (QED) is 0.441. The SMILES string of the molecule is CC(C)Oc1cccc(CN2CCC3(C[C@@H]2C)C(NC2CCCCC2)=NC(=S)N3c2cccc(F)c2)c1. The molecule has 1 N–H and O–H groups in total. The molecule has 1 aliphatic carbocycles. The van der Waals surface area contributed by atoms with Gasteiger partial charge in [-0.05, 0) is 94.6 Å². The third kappa shape index (κ3) is 5.68. The van der Waals surface area contributed by atoms with E-state index in [9.17, 15) is 4.39 Å². The summed E-state index contributed by atoms with van der Waals surface area (Å²) in [5.41, 5.74) is 1.65. The van der Waals surface area contributed by atoms with E-state index in [0.29, 0.717) is 17.2 Å². The Morgan fingerprint density at radius 3 is 2.65 bits per heavy atom. The molecule has 2 aromatic carbocycles. The van der Waals surface area contributed by atoms with Crippen LogP contribution in [0.3, 0.4) is 0 Å². The van der Waals surface area contributed by atoms with Crippen molar-refractivity contribution < 1.29 is 9.13 Å². The molecule has 198 valence electrons. The highest BCUT2D eigenvalue weighted by atomic mass is 32.1. The molecular formula is C30H39FN4OS. The molecule has 5 nitrogen and oxygen atoms in total. The van der Waals surface area contributed by atoms with Crippen molar-refractivity contribution in [2.45, 2.75) is 96.0 Å². The van der Waals surface area contributed by atoms with Gasteiger partial charge in [0, 0.05) is 30.9 Å². The zero-order chi connectivity index (χ0) is 26.0. The van der Waals surface area contributed by atoms with Gasteiger partial charge in [-0.15, -0.1) is 0 Å². The Labute approximate surface area is 226 Å². The highest BCUT2D eigenvalue weighted by molar-refractivity contribution is 7.80. The average molecular weight is 523 g/mol. The number of ether oxygens (including phenoxy) is 1. The summed E-state index contributed by atoms with van der Waals surface area (Å²) in [6, 6.07) is 15.9. The number of halogens is 1. The molecule has 2 aromatic rings. The van der Waals surface area contributed by atoms with E-state index in [4.69, 9.17) is 21.9 Å². The summed E-state index contributed by atoms with van der Waals surface area (Å²) in [7, 11) is 0. The van der Waals surface area contributed by atoms with Crippen LogP contribution in [0, 0.1) is 5.82 Å². The Balaban J connectivity index is 1.39. The number of benzene rings is 2. The molecule has 7 heteroatoms. The van der Waals surface area contributed by atoms with Crippen molar-refractivity contribution >= 4 is 28.9 Å². The van der Waals surface area contributed by atoms with Gasteiger partial charge in [-0.1, -0.05) is 37.5 Å². The number of hydrogen-bond donors (Lipinski definition) is 1. The van der Waals surface area contributed by atoms with Crippen LogP contribution in [0.15, 0.2) is 53.5 Å². The first-order valence-electron chi connectivity index (χ1n) is 13.8. The second kappa shape index (κ2) is 11.1. The van der Waals surface area contributed by atoms with Gasteiger partial charge in [0.05, 0.1) is 6.10 Å². The van der Waals surface area contributed by atoms with Crippen LogP contribution in [0.25, 0.3) is 0 Å². The lowest BCUT2D eigenvalue weighted by atomic mass is 9.80. The van der Waals surface area contributed by atoms with Crippen LogP contribution in [0.1, 0.15) is 71.3 Å². The van der Waals surface area contributed by atoms with Crippen LogP contribution in [-0.4, -0.2) is 46.1 Å². The molecule has 0 radical (unpaired) electrons. The standard InChI is InChI=1S/C30H39FN4OS/c1-21(2)36-27-14-7-9-23(17-27)20-34-16-15-30(19-22(34)3)28(32-25-11-5-4-6-12-25)33-29(37)35(30)26-13-8-10-24(31)18-26/h7-10,13-14,17-18,21-22,25H,4-6,11-12,15-16,19-20H2,1-3H3,(H,32,33,37)/t22-,30?/m0/s1. The van der Waals surface area contributed by atoms with Gasteiger partial charge in [-0.25, -0.2) is 9.38 Å². The summed E-state index contributed by atoms with van der Waals surface area (Å²) < 4.78 is 20.2. The molecule has 3 aliphatic rings. The highest BCUT2D eigenvalue weighted by Gasteiger charge is 2.52. The van der Waals surface area contributed by atoms with Crippen molar-refractivity contribution in [1.29, 1.82) is 0 Å². The number of nitrogens with one attached hydrogen (secondary N) is 1. The van der Waals surface area contributed by atoms with Gasteiger partial charge in [-0.2, -0.15) is 0 Å². The summed E-state index contributed by atoms with van der Waals surface area (Å²) in [6.45, 7) is 8.15. The van der Waals surface area contributed by atoms with E-state index < -0.39 is 0 Å². The van der Waals surface area contributed by atoms with E-state index >= 15 is 0 Å². The van der Waals surface area contributed by atoms with Crippen LogP contribution >= 0.6 is 12.2 Å². The van der Waals surface area contributed by atoms with Crippen molar-refractivity contribution in [3.05, 3.63) is 59.9 Å². The number of likely N-dealkylation sites (tertiary alicyclic amines) is 1. The molecule has 2 atom stereocenters. The summed E-state index contributed by atoms with van der Waals surface area (Å²) in [4.78, 5) is 9.59. The van der Waals surface area contributed by atoms with Gasteiger partial charge in [0.15, 0.2) is 0 Å². The molecule has 1 saturated heterocycles. The second-order valence-electron chi connectivity index (χ2n) is 11.2. The number of hydrogen-bond acceptors (Lipinski definition) is 4. The minimum atomic E-state index is -0.388.